The first-order chi connectivity index (χ1) is 8.10. The first-order valence-electron chi connectivity index (χ1n) is 4.81. The summed E-state index contributed by atoms with van der Waals surface area (Å²) in [5, 5.41) is 2.22. The number of hydrogen-bond donors (Lipinski definition) is 1. The van der Waals surface area contributed by atoms with Gasteiger partial charge in [0.2, 0.25) is 0 Å². The highest BCUT2D eigenvalue weighted by atomic mass is 16.7. The van der Waals surface area contributed by atoms with Crippen molar-refractivity contribution in [3.05, 3.63) is 0 Å². The Morgan fingerprint density at radius 1 is 1.00 bits per heavy atom. The minimum absolute atomic E-state index is 0.0413. The molecule has 17 heavy (non-hydrogen) atoms. The van der Waals surface area contributed by atoms with Gasteiger partial charge in [0.05, 0.1) is 13.5 Å². The van der Waals surface area contributed by atoms with Crippen molar-refractivity contribution in [1.82, 2.24) is 5.32 Å². The second kappa shape index (κ2) is 9.25. The quantitative estimate of drug-likeness (QED) is 0.403. The van der Waals surface area contributed by atoms with E-state index in [1.165, 1.54) is 14.2 Å². The van der Waals surface area contributed by atoms with E-state index in [-0.39, 0.29) is 26.2 Å². The molecule has 0 aliphatic heterocycles. The number of hydrogen-bond acceptors (Lipinski definition) is 7. The second-order valence-electron chi connectivity index (χ2n) is 2.66. The van der Waals surface area contributed by atoms with Gasteiger partial charge in [0.25, 0.3) is 0 Å². The topological polar surface area (TPSA) is 100 Å². The first-order valence-corrected chi connectivity index (χ1v) is 4.81. The number of carbonyl (C=O) groups excluding carboxylic acids is 3. The predicted octanol–water partition coefficient (Wildman–Crippen LogP) is 0.0587. The van der Waals surface area contributed by atoms with Crippen LogP contribution in [0.1, 0.15) is 6.42 Å². The van der Waals surface area contributed by atoms with Crippen LogP contribution in [0.5, 0.6) is 0 Å². The average molecular weight is 249 g/mol. The third-order valence-electron chi connectivity index (χ3n) is 1.49. The number of rotatable bonds is 6. The fourth-order valence-electron chi connectivity index (χ4n) is 0.693. The van der Waals surface area contributed by atoms with E-state index >= 15 is 0 Å². The Morgan fingerprint density at radius 3 is 2.18 bits per heavy atom. The Morgan fingerprint density at radius 2 is 1.59 bits per heavy atom. The molecule has 0 radical (unpaired) electrons. The normalized spacial score (nSPS) is 9.06. The predicted molar refractivity (Wildman–Crippen MR) is 54.3 cm³/mol. The van der Waals surface area contributed by atoms with Crippen molar-refractivity contribution >= 4 is 18.2 Å². The molecule has 0 aromatic carbocycles. The van der Waals surface area contributed by atoms with Gasteiger partial charge in [-0.3, -0.25) is 4.79 Å². The fourth-order valence-corrected chi connectivity index (χ4v) is 0.693. The lowest BCUT2D eigenvalue weighted by atomic mass is 10.5. The molecular weight excluding hydrogens is 234 g/mol. The minimum Gasteiger partial charge on any atom is -0.469 e. The maximum Gasteiger partial charge on any atom is 0.508 e. The summed E-state index contributed by atoms with van der Waals surface area (Å²) in [5.74, 6) is -0.485. The van der Waals surface area contributed by atoms with E-state index in [9.17, 15) is 14.4 Å². The van der Waals surface area contributed by atoms with Gasteiger partial charge in [-0.05, 0) is 0 Å². The van der Waals surface area contributed by atoms with Crippen molar-refractivity contribution < 1.29 is 33.3 Å². The van der Waals surface area contributed by atoms with Crippen LogP contribution < -0.4 is 5.32 Å². The van der Waals surface area contributed by atoms with Crippen LogP contribution in [-0.2, 0) is 23.7 Å². The summed E-state index contributed by atoms with van der Waals surface area (Å²) in [6, 6.07) is 0. The molecule has 0 saturated heterocycles. The van der Waals surface area contributed by atoms with Gasteiger partial charge in [-0.25, -0.2) is 9.59 Å². The molecule has 0 unspecified atom stereocenters. The molecule has 0 spiro atoms. The van der Waals surface area contributed by atoms with Gasteiger partial charge in [0.1, 0.15) is 19.8 Å². The van der Waals surface area contributed by atoms with E-state index in [2.05, 4.69) is 24.3 Å². The molecule has 0 aromatic rings. The lowest BCUT2D eigenvalue weighted by Crippen LogP contribution is -2.22. The van der Waals surface area contributed by atoms with E-state index in [0.717, 1.165) is 0 Å². The molecule has 0 aliphatic carbocycles. The molecule has 0 fully saturated rings. The van der Waals surface area contributed by atoms with E-state index in [1.54, 1.807) is 0 Å². The molecular formula is C9H15NO7. The second-order valence-corrected chi connectivity index (χ2v) is 2.66. The zero-order valence-electron chi connectivity index (χ0n) is 9.69. The van der Waals surface area contributed by atoms with Gasteiger partial charge >= 0.3 is 18.2 Å². The maximum atomic E-state index is 10.9. The number of esters is 1. The number of methoxy groups -OCH3 is 1. The zero-order valence-corrected chi connectivity index (χ0v) is 9.69. The van der Waals surface area contributed by atoms with Gasteiger partial charge in [-0.2, -0.15) is 0 Å². The molecule has 0 rings (SSSR count). The minimum atomic E-state index is -0.936. The summed E-state index contributed by atoms with van der Waals surface area (Å²) in [6.07, 6.45) is -1.59. The zero-order chi connectivity index (χ0) is 13.1. The number of carbonyl (C=O) groups is 3. The Labute approximate surface area is 98.1 Å². The summed E-state index contributed by atoms with van der Waals surface area (Å²) < 4.78 is 17.9. The lowest BCUT2D eigenvalue weighted by molar-refractivity contribution is -0.141. The highest BCUT2D eigenvalue weighted by molar-refractivity contribution is 5.69. The van der Waals surface area contributed by atoms with Crippen LogP contribution in [0.25, 0.3) is 0 Å². The van der Waals surface area contributed by atoms with E-state index in [1.807, 2.05) is 0 Å². The summed E-state index contributed by atoms with van der Waals surface area (Å²) in [4.78, 5) is 32.1. The monoisotopic (exact) mass is 249 g/mol. The smallest absolute Gasteiger partial charge is 0.469 e. The van der Waals surface area contributed by atoms with Gasteiger partial charge in [-0.1, -0.05) is 0 Å². The van der Waals surface area contributed by atoms with Gasteiger partial charge in [-0.15, -0.1) is 0 Å². The fraction of sp³-hybridized carbons (Fsp3) is 0.667. The van der Waals surface area contributed by atoms with Crippen LogP contribution in [0, 0.1) is 0 Å². The first kappa shape index (κ1) is 15.0. The third kappa shape index (κ3) is 8.97. The Bertz CT molecular complexity index is 266. The van der Waals surface area contributed by atoms with E-state index < -0.39 is 18.2 Å². The summed E-state index contributed by atoms with van der Waals surface area (Å²) in [7, 11) is 2.64. The lowest BCUT2D eigenvalue weighted by Gasteiger charge is -2.06. The Balaban J connectivity index is 3.41. The van der Waals surface area contributed by atoms with Gasteiger partial charge < -0.3 is 24.3 Å². The van der Waals surface area contributed by atoms with Crippen molar-refractivity contribution in [1.29, 1.82) is 0 Å². The van der Waals surface area contributed by atoms with Crippen LogP contribution in [0.2, 0.25) is 0 Å². The van der Waals surface area contributed by atoms with Crippen LogP contribution in [-0.4, -0.2) is 52.2 Å². The molecule has 0 heterocycles. The van der Waals surface area contributed by atoms with E-state index in [4.69, 9.17) is 0 Å². The number of alkyl carbamates (subject to hydrolysis) is 1. The van der Waals surface area contributed by atoms with Crippen molar-refractivity contribution in [2.45, 2.75) is 6.42 Å². The molecule has 0 atom stereocenters. The van der Waals surface area contributed by atoms with Crippen molar-refractivity contribution in [3.63, 3.8) is 0 Å². The molecule has 1 N–H and O–H groups in total. The number of ether oxygens (including phenoxy) is 4. The Hall–Kier alpha value is -1.99. The summed E-state index contributed by atoms with van der Waals surface area (Å²) in [5.41, 5.74) is 0. The molecule has 0 aromatic heterocycles. The SMILES string of the molecule is CNC(=O)OCCOC(=O)OCCC(=O)OC. The van der Waals surface area contributed by atoms with Gasteiger partial charge in [0, 0.05) is 7.05 Å². The standard InChI is InChI=1S/C9H15NO7/c1-10-8(12)15-5-6-17-9(13)16-4-3-7(11)14-2/h3-6H2,1-2H3,(H,10,12). The number of amides is 1. The molecule has 0 aliphatic rings. The third-order valence-corrected chi connectivity index (χ3v) is 1.49. The van der Waals surface area contributed by atoms with Gasteiger partial charge in [0.15, 0.2) is 0 Å². The highest BCUT2D eigenvalue weighted by Crippen LogP contribution is 1.90. The molecule has 8 heteroatoms. The summed E-state index contributed by atoms with van der Waals surface area (Å²) >= 11 is 0. The maximum absolute atomic E-state index is 10.9. The summed E-state index contributed by atoms with van der Waals surface area (Å²) in [6.45, 7) is -0.321. The highest BCUT2D eigenvalue weighted by Gasteiger charge is 2.07. The average Bonchev–Trinajstić information content (AvgIpc) is 2.33. The molecule has 8 nitrogen and oxygen atoms in total. The van der Waals surface area contributed by atoms with Crippen molar-refractivity contribution in [3.8, 4) is 0 Å². The van der Waals surface area contributed by atoms with Crippen molar-refractivity contribution in [2.75, 3.05) is 34.0 Å². The molecule has 98 valence electrons. The Kier molecular flexibility index (Phi) is 8.17. The van der Waals surface area contributed by atoms with Crippen LogP contribution >= 0.6 is 0 Å². The number of nitrogens with one attached hydrogen (secondary N) is 1. The molecule has 0 bridgehead atoms. The largest absolute Gasteiger partial charge is 0.508 e. The van der Waals surface area contributed by atoms with Crippen molar-refractivity contribution in [2.24, 2.45) is 0 Å². The van der Waals surface area contributed by atoms with Crippen LogP contribution in [0.15, 0.2) is 0 Å². The molecule has 0 saturated carbocycles. The van der Waals surface area contributed by atoms with Crippen LogP contribution in [0.4, 0.5) is 9.59 Å². The van der Waals surface area contributed by atoms with E-state index in [0.29, 0.717) is 0 Å². The van der Waals surface area contributed by atoms with Crippen LogP contribution in [0.3, 0.4) is 0 Å². The molecule has 1 amide bonds.